The van der Waals surface area contributed by atoms with Crippen molar-refractivity contribution in [3.63, 3.8) is 0 Å². The first kappa shape index (κ1) is 11.3. The Labute approximate surface area is 103 Å². The largest absolute Gasteiger partial charge is 0.443 e. The third-order valence-electron chi connectivity index (χ3n) is 2.90. The molecule has 1 aromatic carbocycles. The van der Waals surface area contributed by atoms with Gasteiger partial charge in [0.25, 0.3) is 0 Å². The van der Waals surface area contributed by atoms with Crippen molar-refractivity contribution < 1.29 is 13.2 Å². The second-order valence-corrected chi connectivity index (χ2v) is 4.44. The minimum Gasteiger partial charge on any atom is -0.443 e. The van der Waals surface area contributed by atoms with E-state index in [0.717, 1.165) is 6.07 Å². The van der Waals surface area contributed by atoms with Crippen LogP contribution in [0.15, 0.2) is 29.0 Å². The van der Waals surface area contributed by atoms with E-state index in [4.69, 9.17) is 4.42 Å². The van der Waals surface area contributed by atoms with Gasteiger partial charge in [0, 0.05) is 24.2 Å². The van der Waals surface area contributed by atoms with Crippen LogP contribution in [0.2, 0.25) is 0 Å². The second-order valence-electron chi connectivity index (χ2n) is 4.44. The molecule has 0 unspecified atom stereocenters. The van der Waals surface area contributed by atoms with Gasteiger partial charge >= 0.3 is 0 Å². The number of hydrogen-bond donors (Lipinski definition) is 1. The molecular weight excluding hydrogens is 238 g/mol. The smallest absolute Gasteiger partial charge is 0.181 e. The molecule has 1 saturated carbocycles. The highest BCUT2D eigenvalue weighted by Crippen LogP contribution is 2.26. The van der Waals surface area contributed by atoms with E-state index in [1.807, 2.05) is 0 Å². The summed E-state index contributed by atoms with van der Waals surface area (Å²) < 4.78 is 31.5. The highest BCUT2D eigenvalue weighted by atomic mass is 19.1. The number of aromatic nitrogens is 1. The number of benzene rings is 1. The molecule has 0 radical (unpaired) electrons. The van der Waals surface area contributed by atoms with Gasteiger partial charge in [-0.25, -0.2) is 13.8 Å². The van der Waals surface area contributed by atoms with Crippen LogP contribution in [0.1, 0.15) is 18.5 Å². The number of oxazole rings is 1. The van der Waals surface area contributed by atoms with Gasteiger partial charge in [0.15, 0.2) is 12.2 Å². The van der Waals surface area contributed by atoms with Gasteiger partial charge in [-0.2, -0.15) is 0 Å². The fourth-order valence-corrected chi connectivity index (χ4v) is 1.84. The van der Waals surface area contributed by atoms with E-state index in [1.54, 1.807) is 0 Å². The molecule has 0 amide bonds. The van der Waals surface area contributed by atoms with Crippen molar-refractivity contribution in [1.82, 2.24) is 10.3 Å². The molecule has 0 spiro atoms. The molecule has 1 aliphatic carbocycles. The Kier molecular flexibility index (Phi) is 2.83. The molecule has 3 nitrogen and oxygen atoms in total. The first-order chi connectivity index (χ1) is 8.72. The summed E-state index contributed by atoms with van der Waals surface area (Å²) >= 11 is 0. The normalized spacial score (nSPS) is 15.0. The van der Waals surface area contributed by atoms with Crippen LogP contribution in [0.25, 0.3) is 11.3 Å². The second kappa shape index (κ2) is 4.49. The summed E-state index contributed by atoms with van der Waals surface area (Å²) in [6.45, 7) is 0.550. The molecule has 0 atom stereocenters. The summed E-state index contributed by atoms with van der Waals surface area (Å²) in [4.78, 5) is 4.08. The van der Waals surface area contributed by atoms with Crippen molar-refractivity contribution in [2.45, 2.75) is 25.4 Å². The molecule has 0 saturated heterocycles. The number of hydrogen-bond acceptors (Lipinski definition) is 3. The summed E-state index contributed by atoms with van der Waals surface area (Å²) in [5.41, 5.74) is 1.05. The molecule has 18 heavy (non-hydrogen) atoms. The van der Waals surface area contributed by atoms with E-state index in [1.165, 1.54) is 31.4 Å². The van der Waals surface area contributed by atoms with E-state index in [-0.39, 0.29) is 0 Å². The Morgan fingerprint density at radius 2 is 1.94 bits per heavy atom. The monoisotopic (exact) mass is 250 g/mol. The minimum absolute atomic E-state index is 0.373. The number of rotatable bonds is 4. The van der Waals surface area contributed by atoms with Gasteiger partial charge in [0.05, 0.1) is 0 Å². The first-order valence-electron chi connectivity index (χ1n) is 5.84. The summed E-state index contributed by atoms with van der Waals surface area (Å²) in [7, 11) is 0. The third kappa shape index (κ3) is 2.41. The van der Waals surface area contributed by atoms with Crippen LogP contribution in [0.3, 0.4) is 0 Å². The quantitative estimate of drug-likeness (QED) is 0.906. The van der Waals surface area contributed by atoms with Crippen molar-refractivity contribution >= 4 is 0 Å². The van der Waals surface area contributed by atoms with Gasteiger partial charge in [-0.15, -0.1) is 0 Å². The summed E-state index contributed by atoms with van der Waals surface area (Å²) in [5, 5.41) is 3.29. The van der Waals surface area contributed by atoms with Gasteiger partial charge in [-0.1, -0.05) is 0 Å². The molecule has 1 fully saturated rings. The van der Waals surface area contributed by atoms with E-state index in [9.17, 15) is 8.78 Å². The maximum Gasteiger partial charge on any atom is 0.181 e. The van der Waals surface area contributed by atoms with E-state index in [0.29, 0.717) is 29.6 Å². The fourth-order valence-electron chi connectivity index (χ4n) is 1.84. The highest BCUT2D eigenvalue weighted by molar-refractivity contribution is 5.59. The Bertz CT molecular complexity index is 544. The van der Waals surface area contributed by atoms with Crippen LogP contribution in [0, 0.1) is 11.6 Å². The van der Waals surface area contributed by atoms with Crippen molar-refractivity contribution in [3.8, 4) is 11.3 Å². The summed E-state index contributed by atoms with van der Waals surface area (Å²) in [6, 6.07) is 3.86. The Hall–Kier alpha value is -1.75. The summed E-state index contributed by atoms with van der Waals surface area (Å²) in [6.07, 6.45) is 3.63. The Morgan fingerprint density at radius 1 is 1.22 bits per heavy atom. The highest BCUT2D eigenvalue weighted by Gasteiger charge is 2.22. The number of nitrogens with one attached hydrogen (secondary N) is 1. The number of halogens is 2. The van der Waals surface area contributed by atoms with Gasteiger partial charge in [0.2, 0.25) is 0 Å². The molecule has 1 aliphatic rings. The average Bonchev–Trinajstić information content (AvgIpc) is 3.02. The van der Waals surface area contributed by atoms with E-state index >= 15 is 0 Å². The molecule has 0 bridgehead atoms. The number of nitrogens with zero attached hydrogens (tertiary/aromatic N) is 1. The van der Waals surface area contributed by atoms with Crippen LogP contribution in [-0.4, -0.2) is 11.0 Å². The zero-order valence-corrected chi connectivity index (χ0v) is 9.62. The maximum atomic E-state index is 13.2. The lowest BCUT2D eigenvalue weighted by Crippen LogP contribution is -2.16. The minimum atomic E-state index is -0.623. The molecule has 3 rings (SSSR count). The zero-order chi connectivity index (χ0) is 12.5. The predicted molar refractivity (Wildman–Crippen MR) is 61.7 cm³/mol. The van der Waals surface area contributed by atoms with Crippen LogP contribution < -0.4 is 5.32 Å². The lowest BCUT2D eigenvalue weighted by atomic mass is 10.1. The molecule has 1 aromatic heterocycles. The summed E-state index contributed by atoms with van der Waals surface area (Å²) in [5.74, 6) is -0.827. The van der Waals surface area contributed by atoms with Crippen molar-refractivity contribution in [1.29, 1.82) is 0 Å². The third-order valence-corrected chi connectivity index (χ3v) is 2.90. The van der Waals surface area contributed by atoms with Crippen molar-refractivity contribution in [2.24, 2.45) is 0 Å². The van der Waals surface area contributed by atoms with Gasteiger partial charge in [-0.3, -0.25) is 0 Å². The molecule has 94 valence electrons. The molecule has 1 N–H and O–H groups in total. The zero-order valence-electron chi connectivity index (χ0n) is 9.62. The molecule has 2 aromatic rings. The van der Waals surface area contributed by atoms with Gasteiger partial charge in [0.1, 0.15) is 17.3 Å². The lowest BCUT2D eigenvalue weighted by Gasteiger charge is -2.03. The Balaban J connectivity index is 1.87. The Morgan fingerprint density at radius 3 is 2.61 bits per heavy atom. The maximum absolute atomic E-state index is 13.2. The fraction of sp³-hybridized carbons (Fsp3) is 0.308. The molecule has 1 heterocycles. The predicted octanol–water partition coefficient (Wildman–Crippen LogP) is 2.87. The topological polar surface area (TPSA) is 38.1 Å². The van der Waals surface area contributed by atoms with Crippen LogP contribution in [0.4, 0.5) is 8.78 Å². The molecular formula is C13H12F2N2O. The van der Waals surface area contributed by atoms with Gasteiger partial charge < -0.3 is 9.73 Å². The average molecular weight is 250 g/mol. The van der Waals surface area contributed by atoms with Crippen LogP contribution in [-0.2, 0) is 6.54 Å². The molecule has 5 heteroatoms. The molecule has 0 aliphatic heterocycles. The standard InChI is InChI=1S/C13H12F2N2O/c14-9-3-8(4-10(15)5-9)13-12(17-7-18-13)6-16-11-1-2-11/h3-5,7,11,16H,1-2,6H2. The first-order valence-corrected chi connectivity index (χ1v) is 5.84. The van der Waals surface area contributed by atoms with Crippen LogP contribution >= 0.6 is 0 Å². The van der Waals surface area contributed by atoms with E-state index < -0.39 is 11.6 Å². The SMILES string of the molecule is Fc1cc(F)cc(-c2ocnc2CNC2CC2)c1. The van der Waals surface area contributed by atoms with Crippen molar-refractivity contribution in [3.05, 3.63) is 41.9 Å². The van der Waals surface area contributed by atoms with Crippen molar-refractivity contribution in [2.75, 3.05) is 0 Å². The van der Waals surface area contributed by atoms with E-state index in [2.05, 4.69) is 10.3 Å². The van der Waals surface area contributed by atoms with Crippen LogP contribution in [0.5, 0.6) is 0 Å². The van der Waals surface area contributed by atoms with Gasteiger partial charge in [-0.05, 0) is 25.0 Å². The lowest BCUT2D eigenvalue weighted by molar-refractivity contribution is 0.561.